The third kappa shape index (κ3) is 3.45. The molecule has 0 spiro atoms. The molecule has 1 atom stereocenters. The fourth-order valence-corrected chi connectivity index (χ4v) is 1.92. The van der Waals surface area contributed by atoms with E-state index in [0.29, 0.717) is 5.92 Å². The molecule has 0 aliphatic rings. The van der Waals surface area contributed by atoms with Gasteiger partial charge in [0.05, 0.1) is 0 Å². The Bertz CT molecular complexity index is 261. The van der Waals surface area contributed by atoms with E-state index in [1.807, 2.05) is 0 Å². The van der Waals surface area contributed by atoms with Crippen LogP contribution in [0, 0.1) is 5.92 Å². The molecular formula is C13H19Br. The predicted octanol–water partition coefficient (Wildman–Crippen LogP) is 4.38. The lowest BCUT2D eigenvalue weighted by atomic mass is 9.98. The molecule has 14 heavy (non-hydrogen) atoms. The molecule has 0 unspecified atom stereocenters. The molecule has 0 aliphatic carbocycles. The maximum absolute atomic E-state index is 3.51. The molecule has 0 N–H and O–H groups in total. The van der Waals surface area contributed by atoms with Crippen LogP contribution in [-0.2, 0) is 6.42 Å². The summed E-state index contributed by atoms with van der Waals surface area (Å²) in [7, 11) is 0. The van der Waals surface area contributed by atoms with E-state index in [2.05, 4.69) is 61.0 Å². The molecule has 1 rings (SSSR count). The highest BCUT2D eigenvalue weighted by Crippen LogP contribution is 2.18. The second-order valence-electron chi connectivity index (χ2n) is 4.39. The van der Waals surface area contributed by atoms with Crippen LogP contribution in [-0.4, -0.2) is 5.33 Å². The van der Waals surface area contributed by atoms with E-state index in [9.17, 15) is 0 Å². The molecule has 0 aromatic heterocycles. The standard InChI is InChI=1S/C13H19Br/c1-10(2)8-12-4-6-13(7-5-12)11(3)9-14/h4-7,10-11H,8-9H2,1-3H3/t11-/m1/s1. The number of rotatable bonds is 4. The van der Waals surface area contributed by atoms with E-state index in [1.165, 1.54) is 17.5 Å². The molecule has 0 saturated heterocycles. The molecule has 78 valence electrons. The van der Waals surface area contributed by atoms with Crippen LogP contribution in [0.25, 0.3) is 0 Å². The van der Waals surface area contributed by atoms with Gasteiger partial charge in [-0.25, -0.2) is 0 Å². The fourth-order valence-electron chi connectivity index (χ4n) is 1.54. The lowest BCUT2D eigenvalue weighted by Crippen LogP contribution is -1.97. The van der Waals surface area contributed by atoms with E-state index in [1.54, 1.807) is 0 Å². The van der Waals surface area contributed by atoms with Crippen LogP contribution in [0.3, 0.4) is 0 Å². The molecular weight excluding hydrogens is 236 g/mol. The average molecular weight is 255 g/mol. The average Bonchev–Trinajstić information content (AvgIpc) is 2.17. The first-order valence-corrected chi connectivity index (χ1v) is 6.40. The first-order chi connectivity index (χ1) is 6.63. The van der Waals surface area contributed by atoms with E-state index in [4.69, 9.17) is 0 Å². The van der Waals surface area contributed by atoms with Gasteiger partial charge in [0.25, 0.3) is 0 Å². The van der Waals surface area contributed by atoms with Crippen molar-refractivity contribution in [2.24, 2.45) is 5.92 Å². The number of hydrogen-bond acceptors (Lipinski definition) is 0. The highest BCUT2D eigenvalue weighted by Gasteiger charge is 2.03. The summed E-state index contributed by atoms with van der Waals surface area (Å²) in [5, 5.41) is 1.04. The molecule has 0 bridgehead atoms. The summed E-state index contributed by atoms with van der Waals surface area (Å²) >= 11 is 3.51. The molecule has 0 saturated carbocycles. The van der Waals surface area contributed by atoms with Gasteiger partial charge in [0, 0.05) is 5.33 Å². The maximum atomic E-state index is 3.51. The molecule has 0 aliphatic heterocycles. The zero-order valence-corrected chi connectivity index (χ0v) is 10.8. The molecule has 1 aromatic rings. The largest absolute Gasteiger partial charge is 0.0922 e. The first-order valence-electron chi connectivity index (χ1n) is 5.28. The van der Waals surface area contributed by atoms with E-state index in [-0.39, 0.29) is 0 Å². The van der Waals surface area contributed by atoms with Gasteiger partial charge in [-0.3, -0.25) is 0 Å². The fraction of sp³-hybridized carbons (Fsp3) is 0.538. The minimum absolute atomic E-state index is 0.614. The summed E-state index contributed by atoms with van der Waals surface area (Å²) in [6.07, 6.45) is 1.18. The van der Waals surface area contributed by atoms with Crippen LogP contribution in [0.1, 0.15) is 37.8 Å². The lowest BCUT2D eigenvalue weighted by Gasteiger charge is -2.10. The molecule has 1 heteroatoms. The van der Waals surface area contributed by atoms with Gasteiger partial charge in [0.15, 0.2) is 0 Å². The molecule has 0 radical (unpaired) electrons. The third-order valence-corrected chi connectivity index (χ3v) is 3.40. The number of benzene rings is 1. The Labute approximate surface area is 95.9 Å². The van der Waals surface area contributed by atoms with Gasteiger partial charge in [-0.2, -0.15) is 0 Å². The Hall–Kier alpha value is -0.300. The van der Waals surface area contributed by atoms with Gasteiger partial charge < -0.3 is 0 Å². The molecule has 0 nitrogen and oxygen atoms in total. The van der Waals surface area contributed by atoms with Crippen molar-refractivity contribution in [3.8, 4) is 0 Å². The Morgan fingerprint density at radius 3 is 2.07 bits per heavy atom. The van der Waals surface area contributed by atoms with Gasteiger partial charge in [-0.1, -0.05) is 61.0 Å². The quantitative estimate of drug-likeness (QED) is 0.700. The van der Waals surface area contributed by atoms with Crippen molar-refractivity contribution < 1.29 is 0 Å². The van der Waals surface area contributed by atoms with Crippen LogP contribution < -0.4 is 0 Å². The lowest BCUT2D eigenvalue weighted by molar-refractivity contribution is 0.647. The van der Waals surface area contributed by atoms with E-state index >= 15 is 0 Å². The van der Waals surface area contributed by atoms with Crippen molar-refractivity contribution in [2.75, 3.05) is 5.33 Å². The van der Waals surface area contributed by atoms with Gasteiger partial charge in [-0.15, -0.1) is 0 Å². The summed E-state index contributed by atoms with van der Waals surface area (Å²) in [6.45, 7) is 6.76. The van der Waals surface area contributed by atoms with Crippen molar-refractivity contribution in [1.82, 2.24) is 0 Å². The van der Waals surface area contributed by atoms with Gasteiger partial charge in [0.1, 0.15) is 0 Å². The second-order valence-corrected chi connectivity index (χ2v) is 5.04. The zero-order valence-electron chi connectivity index (χ0n) is 9.26. The van der Waals surface area contributed by atoms with Crippen LogP contribution >= 0.6 is 15.9 Å². The molecule has 0 heterocycles. The summed E-state index contributed by atoms with van der Waals surface area (Å²) in [5.41, 5.74) is 2.87. The van der Waals surface area contributed by atoms with Crippen LogP contribution in [0.4, 0.5) is 0 Å². The molecule has 0 fully saturated rings. The highest BCUT2D eigenvalue weighted by molar-refractivity contribution is 9.09. The van der Waals surface area contributed by atoms with E-state index in [0.717, 1.165) is 11.2 Å². The predicted molar refractivity (Wildman–Crippen MR) is 67.2 cm³/mol. The van der Waals surface area contributed by atoms with Gasteiger partial charge in [-0.05, 0) is 29.4 Å². The van der Waals surface area contributed by atoms with Gasteiger partial charge in [0.2, 0.25) is 0 Å². The molecule has 1 aromatic carbocycles. The van der Waals surface area contributed by atoms with Gasteiger partial charge >= 0.3 is 0 Å². The number of alkyl halides is 1. The monoisotopic (exact) mass is 254 g/mol. The van der Waals surface area contributed by atoms with Crippen LogP contribution in [0.15, 0.2) is 24.3 Å². The van der Waals surface area contributed by atoms with Crippen LogP contribution in [0.5, 0.6) is 0 Å². The van der Waals surface area contributed by atoms with Crippen molar-refractivity contribution in [3.63, 3.8) is 0 Å². The number of halogens is 1. The number of hydrogen-bond donors (Lipinski definition) is 0. The van der Waals surface area contributed by atoms with Crippen molar-refractivity contribution in [1.29, 1.82) is 0 Å². The zero-order chi connectivity index (χ0) is 10.6. The smallest absolute Gasteiger partial charge is 0.00975 e. The molecule has 0 amide bonds. The third-order valence-electron chi connectivity index (χ3n) is 2.42. The SMILES string of the molecule is CC(C)Cc1ccc([C@H](C)CBr)cc1. The van der Waals surface area contributed by atoms with Crippen molar-refractivity contribution in [2.45, 2.75) is 33.1 Å². The normalized spacial score (nSPS) is 13.2. The van der Waals surface area contributed by atoms with Crippen molar-refractivity contribution >= 4 is 15.9 Å². The summed E-state index contributed by atoms with van der Waals surface area (Å²) in [5.74, 6) is 1.36. The van der Waals surface area contributed by atoms with E-state index < -0.39 is 0 Å². The Kier molecular flexibility index (Phi) is 4.67. The first kappa shape index (κ1) is 11.8. The Morgan fingerprint density at radius 2 is 1.64 bits per heavy atom. The minimum Gasteiger partial charge on any atom is -0.0922 e. The Balaban J connectivity index is 2.68. The summed E-state index contributed by atoms with van der Waals surface area (Å²) in [6, 6.07) is 9.02. The topological polar surface area (TPSA) is 0 Å². The highest BCUT2D eigenvalue weighted by atomic mass is 79.9. The van der Waals surface area contributed by atoms with Crippen molar-refractivity contribution in [3.05, 3.63) is 35.4 Å². The van der Waals surface area contributed by atoms with Crippen LogP contribution in [0.2, 0.25) is 0 Å². The second kappa shape index (κ2) is 5.55. The Morgan fingerprint density at radius 1 is 1.07 bits per heavy atom. The summed E-state index contributed by atoms with van der Waals surface area (Å²) in [4.78, 5) is 0. The summed E-state index contributed by atoms with van der Waals surface area (Å²) < 4.78 is 0. The minimum atomic E-state index is 0.614. The maximum Gasteiger partial charge on any atom is 0.00975 e.